The molecule has 2 N–H and O–H groups in total. The standard InChI is InChI=1S/C13H16N6O2S/c1-8-11(22-7-14-8)13(21)19-4-2-3-9(6-19)16-12(20)10-5-15-18-17-10/h5,7,9H,2-4,6H2,1H3,(H,16,20)(H,15,17,18)/t9-/m0/s1. The highest BCUT2D eigenvalue weighted by Gasteiger charge is 2.27. The Hall–Kier alpha value is -2.29. The molecule has 0 spiro atoms. The number of H-pyrrole nitrogens is 1. The first-order valence-corrected chi connectivity index (χ1v) is 7.89. The van der Waals surface area contributed by atoms with Gasteiger partial charge in [0.1, 0.15) is 4.88 Å². The fourth-order valence-corrected chi connectivity index (χ4v) is 3.27. The minimum Gasteiger partial charge on any atom is -0.346 e. The third kappa shape index (κ3) is 2.98. The molecule has 3 rings (SSSR count). The summed E-state index contributed by atoms with van der Waals surface area (Å²) in [7, 11) is 0. The highest BCUT2D eigenvalue weighted by molar-refractivity contribution is 7.11. The van der Waals surface area contributed by atoms with Gasteiger partial charge < -0.3 is 10.2 Å². The van der Waals surface area contributed by atoms with E-state index in [-0.39, 0.29) is 23.6 Å². The first-order chi connectivity index (χ1) is 10.6. The molecule has 1 saturated heterocycles. The lowest BCUT2D eigenvalue weighted by Crippen LogP contribution is -2.49. The van der Waals surface area contributed by atoms with Crippen LogP contribution in [0.4, 0.5) is 0 Å². The number of aryl methyl sites for hydroxylation is 1. The molecule has 116 valence electrons. The molecule has 0 aromatic carbocycles. The summed E-state index contributed by atoms with van der Waals surface area (Å²) in [6.45, 7) is 3.03. The topological polar surface area (TPSA) is 104 Å². The Labute approximate surface area is 130 Å². The predicted molar refractivity (Wildman–Crippen MR) is 79.6 cm³/mol. The Morgan fingerprint density at radius 1 is 1.50 bits per heavy atom. The van der Waals surface area contributed by atoms with Crippen LogP contribution in [0.3, 0.4) is 0 Å². The maximum Gasteiger partial charge on any atom is 0.273 e. The van der Waals surface area contributed by atoms with E-state index in [1.54, 1.807) is 10.4 Å². The van der Waals surface area contributed by atoms with Crippen molar-refractivity contribution in [3.8, 4) is 0 Å². The van der Waals surface area contributed by atoms with Gasteiger partial charge in [0.15, 0.2) is 5.69 Å². The summed E-state index contributed by atoms with van der Waals surface area (Å²) in [5.41, 5.74) is 2.68. The number of aromatic nitrogens is 4. The monoisotopic (exact) mass is 320 g/mol. The summed E-state index contributed by atoms with van der Waals surface area (Å²) in [6, 6.07) is -0.0740. The number of carbonyl (C=O) groups excluding carboxylic acids is 2. The van der Waals surface area contributed by atoms with Crippen LogP contribution >= 0.6 is 11.3 Å². The van der Waals surface area contributed by atoms with Gasteiger partial charge in [0, 0.05) is 19.1 Å². The molecule has 8 nitrogen and oxygen atoms in total. The zero-order valence-corrected chi connectivity index (χ0v) is 12.9. The highest BCUT2D eigenvalue weighted by atomic mass is 32.1. The average molecular weight is 320 g/mol. The van der Waals surface area contributed by atoms with Gasteiger partial charge in [0.05, 0.1) is 17.4 Å². The number of thiazole rings is 1. The van der Waals surface area contributed by atoms with E-state index in [0.717, 1.165) is 18.5 Å². The number of piperidine rings is 1. The number of aromatic amines is 1. The second kappa shape index (κ2) is 6.22. The van der Waals surface area contributed by atoms with Crippen molar-refractivity contribution in [2.24, 2.45) is 0 Å². The zero-order valence-electron chi connectivity index (χ0n) is 12.1. The lowest BCUT2D eigenvalue weighted by molar-refractivity contribution is 0.0679. The number of hydrogen-bond acceptors (Lipinski definition) is 6. The van der Waals surface area contributed by atoms with Gasteiger partial charge in [-0.15, -0.1) is 11.3 Å². The summed E-state index contributed by atoms with van der Waals surface area (Å²) in [5.74, 6) is -0.289. The lowest BCUT2D eigenvalue weighted by Gasteiger charge is -2.32. The van der Waals surface area contributed by atoms with Crippen molar-refractivity contribution in [1.82, 2.24) is 30.6 Å². The Balaban J connectivity index is 1.63. The molecule has 22 heavy (non-hydrogen) atoms. The zero-order chi connectivity index (χ0) is 15.5. The summed E-state index contributed by atoms with van der Waals surface area (Å²) in [6.07, 6.45) is 3.07. The van der Waals surface area contributed by atoms with Crippen molar-refractivity contribution in [2.45, 2.75) is 25.8 Å². The first-order valence-electron chi connectivity index (χ1n) is 7.01. The second-order valence-corrected chi connectivity index (χ2v) is 6.04. The first kappa shape index (κ1) is 14.6. The fourth-order valence-electron chi connectivity index (χ4n) is 2.50. The van der Waals surface area contributed by atoms with Crippen LogP contribution in [-0.2, 0) is 0 Å². The van der Waals surface area contributed by atoms with E-state index in [9.17, 15) is 9.59 Å². The van der Waals surface area contributed by atoms with Crippen molar-refractivity contribution < 1.29 is 9.59 Å². The molecular formula is C13H16N6O2S. The minimum absolute atomic E-state index is 0.0135. The van der Waals surface area contributed by atoms with Gasteiger partial charge in [0.25, 0.3) is 11.8 Å². The molecule has 2 amide bonds. The van der Waals surface area contributed by atoms with E-state index in [1.807, 2.05) is 6.92 Å². The van der Waals surface area contributed by atoms with Crippen molar-refractivity contribution >= 4 is 23.2 Å². The molecule has 0 unspecified atom stereocenters. The lowest BCUT2D eigenvalue weighted by atomic mass is 10.1. The van der Waals surface area contributed by atoms with E-state index < -0.39 is 0 Å². The number of nitrogens with one attached hydrogen (secondary N) is 2. The van der Waals surface area contributed by atoms with E-state index in [1.165, 1.54) is 17.5 Å². The van der Waals surface area contributed by atoms with Crippen LogP contribution in [-0.4, -0.2) is 56.2 Å². The molecule has 0 radical (unpaired) electrons. The number of amides is 2. The maximum atomic E-state index is 12.5. The van der Waals surface area contributed by atoms with Crippen LogP contribution < -0.4 is 5.32 Å². The molecule has 0 saturated carbocycles. The number of hydrogen-bond donors (Lipinski definition) is 2. The highest BCUT2D eigenvalue weighted by Crippen LogP contribution is 2.19. The van der Waals surface area contributed by atoms with Gasteiger partial charge in [-0.3, -0.25) is 9.59 Å². The second-order valence-electron chi connectivity index (χ2n) is 5.19. The third-order valence-electron chi connectivity index (χ3n) is 3.63. The van der Waals surface area contributed by atoms with Crippen LogP contribution in [0, 0.1) is 6.92 Å². The Morgan fingerprint density at radius 2 is 2.36 bits per heavy atom. The maximum absolute atomic E-state index is 12.5. The molecule has 2 aromatic rings. The van der Waals surface area contributed by atoms with Crippen LogP contribution in [0.2, 0.25) is 0 Å². The van der Waals surface area contributed by atoms with Crippen molar-refractivity contribution in [3.63, 3.8) is 0 Å². The van der Waals surface area contributed by atoms with Gasteiger partial charge in [0.2, 0.25) is 0 Å². The molecule has 1 aliphatic heterocycles. The van der Waals surface area contributed by atoms with Crippen molar-refractivity contribution in [1.29, 1.82) is 0 Å². The van der Waals surface area contributed by atoms with Gasteiger partial charge >= 0.3 is 0 Å². The molecule has 1 aliphatic rings. The van der Waals surface area contributed by atoms with E-state index >= 15 is 0 Å². The summed E-state index contributed by atoms with van der Waals surface area (Å²) >= 11 is 1.35. The third-order valence-corrected chi connectivity index (χ3v) is 4.55. The summed E-state index contributed by atoms with van der Waals surface area (Å²) < 4.78 is 0. The predicted octanol–water partition coefficient (Wildman–Crippen LogP) is 0.604. The van der Waals surface area contributed by atoms with Crippen LogP contribution in [0.25, 0.3) is 0 Å². The average Bonchev–Trinajstić information content (AvgIpc) is 3.18. The molecule has 1 atom stereocenters. The summed E-state index contributed by atoms with van der Waals surface area (Å²) in [4.78, 5) is 31.0. The van der Waals surface area contributed by atoms with Gasteiger partial charge in [-0.25, -0.2) is 4.98 Å². The van der Waals surface area contributed by atoms with Crippen LogP contribution in [0.5, 0.6) is 0 Å². The molecular weight excluding hydrogens is 304 g/mol. The minimum atomic E-state index is -0.276. The SMILES string of the molecule is Cc1ncsc1C(=O)N1CCC[C@H](NC(=O)c2cn[nH]n2)C1. The Bertz CT molecular complexity index is 668. The number of nitrogens with zero attached hydrogens (tertiary/aromatic N) is 4. The quantitative estimate of drug-likeness (QED) is 0.862. The normalized spacial score (nSPS) is 18.2. The number of rotatable bonds is 3. The largest absolute Gasteiger partial charge is 0.346 e. The van der Waals surface area contributed by atoms with Crippen molar-refractivity contribution in [2.75, 3.05) is 13.1 Å². The summed E-state index contributed by atoms with van der Waals surface area (Å²) in [5, 5.41) is 12.7. The van der Waals surface area contributed by atoms with Crippen LogP contribution in [0.15, 0.2) is 11.7 Å². The van der Waals surface area contributed by atoms with Gasteiger partial charge in [-0.05, 0) is 19.8 Å². The smallest absolute Gasteiger partial charge is 0.273 e. The van der Waals surface area contributed by atoms with E-state index in [4.69, 9.17) is 0 Å². The molecule has 9 heteroatoms. The van der Waals surface area contributed by atoms with E-state index in [2.05, 4.69) is 25.7 Å². The molecule has 2 aromatic heterocycles. The molecule has 0 bridgehead atoms. The van der Waals surface area contributed by atoms with Crippen molar-refractivity contribution in [3.05, 3.63) is 28.0 Å². The molecule has 0 aliphatic carbocycles. The Kier molecular flexibility index (Phi) is 4.14. The number of likely N-dealkylation sites (tertiary alicyclic amines) is 1. The molecule has 3 heterocycles. The van der Waals surface area contributed by atoms with E-state index in [0.29, 0.717) is 18.0 Å². The number of carbonyl (C=O) groups is 2. The van der Waals surface area contributed by atoms with Gasteiger partial charge in [-0.1, -0.05) is 0 Å². The van der Waals surface area contributed by atoms with Crippen LogP contribution in [0.1, 0.15) is 38.7 Å². The molecule has 1 fully saturated rings. The fraction of sp³-hybridized carbons (Fsp3) is 0.462. The van der Waals surface area contributed by atoms with Gasteiger partial charge in [-0.2, -0.15) is 15.4 Å². The Morgan fingerprint density at radius 3 is 3.05 bits per heavy atom.